The molecule has 0 saturated carbocycles. The summed E-state index contributed by atoms with van der Waals surface area (Å²) >= 11 is 14.4. The Labute approximate surface area is 248 Å². The lowest BCUT2D eigenvalue weighted by molar-refractivity contribution is 0.0600. The maximum Gasteiger partial charge on any atom is 0.337 e. The highest BCUT2D eigenvalue weighted by molar-refractivity contribution is 7.98. The Kier molecular flexibility index (Phi) is 8.75. The zero-order valence-corrected chi connectivity index (χ0v) is 24.3. The normalized spacial score (nSPS) is 11.2. The average molecular weight is 586 g/mol. The lowest BCUT2D eigenvalue weighted by Crippen LogP contribution is -2.03. The number of carbonyl (C=O) groups is 1. The van der Waals surface area contributed by atoms with Crippen molar-refractivity contribution in [1.29, 1.82) is 0 Å². The van der Waals surface area contributed by atoms with Gasteiger partial charge < -0.3 is 9.30 Å². The second kappa shape index (κ2) is 12.6. The van der Waals surface area contributed by atoms with E-state index in [2.05, 4.69) is 65.4 Å². The van der Waals surface area contributed by atoms with E-state index in [1.807, 2.05) is 30.5 Å². The molecule has 5 aromatic rings. The van der Waals surface area contributed by atoms with E-state index in [1.165, 1.54) is 23.1 Å². The molecule has 0 aliphatic rings. The molecule has 0 spiro atoms. The molecular formula is C33H26Cl2N2O2S. The summed E-state index contributed by atoms with van der Waals surface area (Å²) in [7, 11) is 1.38. The highest BCUT2D eigenvalue weighted by Gasteiger charge is 2.13. The molecule has 4 aromatic carbocycles. The van der Waals surface area contributed by atoms with Crippen LogP contribution in [-0.4, -0.2) is 28.9 Å². The lowest BCUT2D eigenvalue weighted by Gasteiger charge is -2.07. The standard InChI is InChI=1S/C33H26Cl2N2O2S/c1-39-33(38)25-13-8-23(9-14-25)20-37-21-31(29-16-15-27(34)19-30(29)35)36-32(37)17-10-22-6-11-24(12-7-22)26-4-3-5-28(18-26)40-2/h3-19,21H,20H2,1-2H3/b17-10+. The van der Waals surface area contributed by atoms with Crippen LogP contribution < -0.4 is 0 Å². The molecule has 200 valence electrons. The summed E-state index contributed by atoms with van der Waals surface area (Å²) in [6.07, 6.45) is 8.11. The number of esters is 1. The van der Waals surface area contributed by atoms with E-state index >= 15 is 0 Å². The van der Waals surface area contributed by atoms with Crippen LogP contribution in [0.1, 0.15) is 27.3 Å². The third-order valence-corrected chi connectivity index (χ3v) is 7.75. The van der Waals surface area contributed by atoms with E-state index in [-0.39, 0.29) is 5.97 Å². The molecule has 0 radical (unpaired) electrons. The summed E-state index contributed by atoms with van der Waals surface area (Å²) in [6.45, 7) is 0.560. The molecule has 0 bridgehead atoms. The molecule has 0 aliphatic carbocycles. The second-order valence-electron chi connectivity index (χ2n) is 9.11. The van der Waals surface area contributed by atoms with Crippen LogP contribution in [0.15, 0.2) is 102 Å². The molecule has 0 aliphatic heterocycles. The second-order valence-corrected chi connectivity index (χ2v) is 10.8. The Bertz CT molecular complexity index is 1680. The molecule has 1 heterocycles. The number of imidazole rings is 1. The molecular weight excluding hydrogens is 559 g/mol. The number of methoxy groups -OCH3 is 1. The van der Waals surface area contributed by atoms with Crippen LogP contribution >= 0.6 is 35.0 Å². The first-order chi connectivity index (χ1) is 19.4. The van der Waals surface area contributed by atoms with Gasteiger partial charge in [0, 0.05) is 28.2 Å². The number of carbonyl (C=O) groups excluding carboxylic acids is 1. The van der Waals surface area contributed by atoms with E-state index in [4.69, 9.17) is 32.9 Å². The van der Waals surface area contributed by atoms with Crippen molar-refractivity contribution in [2.45, 2.75) is 11.4 Å². The van der Waals surface area contributed by atoms with E-state index in [0.717, 1.165) is 28.2 Å². The number of aromatic nitrogens is 2. The van der Waals surface area contributed by atoms with Gasteiger partial charge in [0.05, 0.1) is 23.4 Å². The fourth-order valence-corrected chi connectivity index (χ4v) is 5.30. The highest BCUT2D eigenvalue weighted by Crippen LogP contribution is 2.31. The van der Waals surface area contributed by atoms with E-state index in [1.54, 1.807) is 36.0 Å². The van der Waals surface area contributed by atoms with Crippen molar-refractivity contribution in [3.05, 3.63) is 130 Å². The summed E-state index contributed by atoms with van der Waals surface area (Å²) < 4.78 is 6.88. The molecule has 0 saturated heterocycles. The van der Waals surface area contributed by atoms with Crippen molar-refractivity contribution in [2.75, 3.05) is 13.4 Å². The topological polar surface area (TPSA) is 44.1 Å². The molecule has 0 amide bonds. The molecule has 1 aromatic heterocycles. The number of rotatable bonds is 8. The first-order valence-corrected chi connectivity index (χ1v) is 14.5. The van der Waals surface area contributed by atoms with Crippen molar-refractivity contribution in [1.82, 2.24) is 9.55 Å². The summed E-state index contributed by atoms with van der Waals surface area (Å²) in [5, 5.41) is 1.11. The van der Waals surface area contributed by atoms with Crippen LogP contribution in [0.4, 0.5) is 0 Å². The molecule has 4 nitrogen and oxygen atoms in total. The van der Waals surface area contributed by atoms with Gasteiger partial charge in [-0.05, 0) is 77.1 Å². The van der Waals surface area contributed by atoms with E-state index in [9.17, 15) is 4.79 Å². The van der Waals surface area contributed by atoms with Crippen LogP contribution in [0, 0.1) is 0 Å². The molecule has 7 heteroatoms. The number of nitrogens with zero attached hydrogens (tertiary/aromatic N) is 2. The lowest BCUT2D eigenvalue weighted by atomic mass is 10.0. The van der Waals surface area contributed by atoms with Gasteiger partial charge in [0.25, 0.3) is 0 Å². The van der Waals surface area contributed by atoms with E-state index < -0.39 is 0 Å². The van der Waals surface area contributed by atoms with Crippen molar-refractivity contribution < 1.29 is 9.53 Å². The summed E-state index contributed by atoms with van der Waals surface area (Å²) in [4.78, 5) is 18.0. The van der Waals surface area contributed by atoms with Gasteiger partial charge in [0.2, 0.25) is 0 Å². The van der Waals surface area contributed by atoms with Crippen molar-refractivity contribution in [2.24, 2.45) is 0 Å². The molecule has 5 rings (SSSR count). The van der Waals surface area contributed by atoms with Gasteiger partial charge in [-0.15, -0.1) is 11.8 Å². The maximum absolute atomic E-state index is 11.8. The summed E-state index contributed by atoms with van der Waals surface area (Å²) in [5.74, 6) is 0.412. The van der Waals surface area contributed by atoms with Crippen molar-refractivity contribution in [3.63, 3.8) is 0 Å². The minimum Gasteiger partial charge on any atom is -0.465 e. The molecule has 0 unspecified atom stereocenters. The monoisotopic (exact) mass is 584 g/mol. The van der Waals surface area contributed by atoms with Crippen LogP contribution in [0.2, 0.25) is 10.0 Å². The number of halogens is 2. The molecule has 0 N–H and O–H groups in total. The van der Waals surface area contributed by atoms with Crippen LogP contribution in [0.25, 0.3) is 34.5 Å². The zero-order chi connectivity index (χ0) is 28.1. The van der Waals surface area contributed by atoms with Gasteiger partial charge in [-0.1, -0.05) is 77.8 Å². The Balaban J connectivity index is 1.44. The van der Waals surface area contributed by atoms with Crippen LogP contribution in [0.5, 0.6) is 0 Å². The third kappa shape index (κ3) is 6.50. The molecule has 40 heavy (non-hydrogen) atoms. The molecule has 0 atom stereocenters. The van der Waals surface area contributed by atoms with Gasteiger partial charge in [0.1, 0.15) is 5.82 Å². The first-order valence-electron chi connectivity index (χ1n) is 12.6. The Morgan fingerprint density at radius 2 is 1.70 bits per heavy atom. The summed E-state index contributed by atoms with van der Waals surface area (Å²) in [5.41, 5.74) is 6.51. The predicted molar refractivity (Wildman–Crippen MR) is 167 cm³/mol. The average Bonchev–Trinajstić information content (AvgIpc) is 3.38. The largest absolute Gasteiger partial charge is 0.465 e. The predicted octanol–water partition coefficient (Wildman–Crippen LogP) is 9.25. The van der Waals surface area contributed by atoms with Gasteiger partial charge in [0.15, 0.2) is 0 Å². The quantitative estimate of drug-likeness (QED) is 0.135. The van der Waals surface area contributed by atoms with Crippen molar-refractivity contribution in [3.8, 4) is 22.4 Å². The Morgan fingerprint density at radius 3 is 2.40 bits per heavy atom. The van der Waals surface area contributed by atoms with Gasteiger partial charge in [-0.25, -0.2) is 9.78 Å². The minimum absolute atomic E-state index is 0.361. The van der Waals surface area contributed by atoms with E-state index in [0.29, 0.717) is 22.2 Å². The minimum atomic E-state index is -0.361. The van der Waals surface area contributed by atoms with Crippen LogP contribution in [0.3, 0.4) is 0 Å². The maximum atomic E-state index is 11.8. The Morgan fingerprint density at radius 1 is 0.925 bits per heavy atom. The zero-order valence-electron chi connectivity index (χ0n) is 22.0. The third-order valence-electron chi connectivity index (χ3n) is 6.48. The van der Waals surface area contributed by atoms with Crippen molar-refractivity contribution >= 4 is 53.1 Å². The number of benzene rings is 4. The first kappa shape index (κ1) is 27.8. The van der Waals surface area contributed by atoms with Gasteiger partial charge in [-0.2, -0.15) is 0 Å². The molecule has 0 fully saturated rings. The Hall–Kier alpha value is -3.77. The summed E-state index contributed by atoms with van der Waals surface area (Å²) in [6, 6.07) is 29.8. The van der Waals surface area contributed by atoms with Gasteiger partial charge in [-0.3, -0.25) is 0 Å². The smallest absolute Gasteiger partial charge is 0.337 e. The number of ether oxygens (including phenoxy) is 1. The fraction of sp³-hybridized carbons (Fsp3) is 0.0909. The highest BCUT2D eigenvalue weighted by atomic mass is 35.5. The SMILES string of the molecule is COC(=O)c1ccc(Cn2cc(-c3ccc(Cl)cc3Cl)nc2/C=C/c2ccc(-c3cccc(SC)c3)cc2)cc1. The number of thioether (sulfide) groups is 1. The number of hydrogen-bond acceptors (Lipinski definition) is 4. The fourth-order valence-electron chi connectivity index (χ4n) is 4.34. The number of hydrogen-bond donors (Lipinski definition) is 0. The van der Waals surface area contributed by atoms with Gasteiger partial charge >= 0.3 is 5.97 Å². The van der Waals surface area contributed by atoms with Crippen LogP contribution in [-0.2, 0) is 11.3 Å².